The van der Waals surface area contributed by atoms with Crippen molar-refractivity contribution in [1.29, 1.82) is 0 Å². The molecular formula is C20H22N4O2. The van der Waals surface area contributed by atoms with Crippen molar-refractivity contribution in [3.8, 4) is 5.69 Å². The Morgan fingerprint density at radius 1 is 1.08 bits per heavy atom. The van der Waals surface area contributed by atoms with Gasteiger partial charge in [0.1, 0.15) is 0 Å². The molecule has 0 atom stereocenters. The van der Waals surface area contributed by atoms with Crippen LogP contribution in [0, 0.1) is 20.8 Å². The molecule has 0 aliphatic carbocycles. The third kappa shape index (κ3) is 2.86. The molecule has 134 valence electrons. The van der Waals surface area contributed by atoms with E-state index in [2.05, 4.69) is 17.0 Å². The molecule has 1 aliphatic heterocycles. The number of carbonyl (C=O) groups excluding carboxylic acids is 1. The Morgan fingerprint density at radius 2 is 1.77 bits per heavy atom. The SMILES string of the molecule is Cc1ccc(-n2nc(C)c3c(C(=O)N4CCOCC4)cc(C)nc32)cc1. The molecule has 1 amide bonds. The van der Waals surface area contributed by atoms with Gasteiger partial charge < -0.3 is 9.64 Å². The van der Waals surface area contributed by atoms with E-state index in [0.717, 1.165) is 28.1 Å². The molecule has 0 unspecified atom stereocenters. The number of hydrogen-bond acceptors (Lipinski definition) is 4. The van der Waals surface area contributed by atoms with Crippen molar-refractivity contribution in [1.82, 2.24) is 19.7 Å². The van der Waals surface area contributed by atoms with Crippen LogP contribution in [0.5, 0.6) is 0 Å². The minimum atomic E-state index is 0.0235. The van der Waals surface area contributed by atoms with Gasteiger partial charge in [-0.2, -0.15) is 5.10 Å². The van der Waals surface area contributed by atoms with Gasteiger partial charge in [0.2, 0.25) is 0 Å². The molecule has 6 nitrogen and oxygen atoms in total. The smallest absolute Gasteiger partial charge is 0.254 e. The summed E-state index contributed by atoms with van der Waals surface area (Å²) in [6, 6.07) is 10.0. The third-order valence-corrected chi connectivity index (χ3v) is 4.75. The Balaban J connectivity index is 1.87. The summed E-state index contributed by atoms with van der Waals surface area (Å²) in [5.41, 5.74) is 5.14. The standard InChI is InChI=1S/C20H22N4O2/c1-13-4-6-16(7-5-13)24-19-18(15(3)22-24)17(12-14(2)21-19)20(25)23-8-10-26-11-9-23/h4-7,12H,8-11H2,1-3H3. The van der Waals surface area contributed by atoms with E-state index >= 15 is 0 Å². The van der Waals surface area contributed by atoms with Crippen LogP contribution in [0.25, 0.3) is 16.7 Å². The van der Waals surface area contributed by atoms with E-state index in [1.54, 1.807) is 0 Å². The van der Waals surface area contributed by atoms with Gasteiger partial charge in [0.25, 0.3) is 5.91 Å². The van der Waals surface area contributed by atoms with Crippen LogP contribution >= 0.6 is 0 Å². The quantitative estimate of drug-likeness (QED) is 0.713. The number of fused-ring (bicyclic) bond motifs is 1. The maximum atomic E-state index is 13.1. The minimum absolute atomic E-state index is 0.0235. The Morgan fingerprint density at radius 3 is 2.46 bits per heavy atom. The van der Waals surface area contributed by atoms with Crippen molar-refractivity contribution < 1.29 is 9.53 Å². The molecule has 0 bridgehead atoms. The van der Waals surface area contributed by atoms with Crippen molar-refractivity contribution in [2.45, 2.75) is 20.8 Å². The van der Waals surface area contributed by atoms with Gasteiger partial charge in [-0.25, -0.2) is 9.67 Å². The lowest BCUT2D eigenvalue weighted by atomic mass is 10.1. The first kappa shape index (κ1) is 16.7. The average Bonchev–Trinajstić information content (AvgIpc) is 2.98. The lowest BCUT2D eigenvalue weighted by Gasteiger charge is -2.27. The fraction of sp³-hybridized carbons (Fsp3) is 0.350. The maximum absolute atomic E-state index is 13.1. The number of benzene rings is 1. The molecule has 3 heterocycles. The van der Waals surface area contributed by atoms with Gasteiger partial charge in [-0.15, -0.1) is 0 Å². The van der Waals surface area contributed by atoms with E-state index in [-0.39, 0.29) is 5.91 Å². The number of ether oxygens (including phenoxy) is 1. The van der Waals surface area contributed by atoms with Crippen LogP contribution in [0.2, 0.25) is 0 Å². The van der Waals surface area contributed by atoms with Crippen LogP contribution in [0.15, 0.2) is 30.3 Å². The van der Waals surface area contributed by atoms with E-state index in [1.165, 1.54) is 5.56 Å². The zero-order valence-electron chi connectivity index (χ0n) is 15.3. The highest BCUT2D eigenvalue weighted by atomic mass is 16.5. The first-order chi connectivity index (χ1) is 12.5. The highest BCUT2D eigenvalue weighted by molar-refractivity contribution is 6.06. The van der Waals surface area contributed by atoms with Crippen LogP contribution in [0.4, 0.5) is 0 Å². The van der Waals surface area contributed by atoms with E-state index in [0.29, 0.717) is 31.9 Å². The predicted molar refractivity (Wildman–Crippen MR) is 99.8 cm³/mol. The maximum Gasteiger partial charge on any atom is 0.254 e. The second kappa shape index (κ2) is 6.53. The van der Waals surface area contributed by atoms with Gasteiger partial charge in [0, 0.05) is 18.8 Å². The monoisotopic (exact) mass is 350 g/mol. The van der Waals surface area contributed by atoms with E-state index in [1.807, 2.05) is 53.8 Å². The number of pyridine rings is 1. The van der Waals surface area contributed by atoms with Gasteiger partial charge in [0.15, 0.2) is 5.65 Å². The molecular weight excluding hydrogens is 328 g/mol. The number of rotatable bonds is 2. The number of hydrogen-bond donors (Lipinski definition) is 0. The highest BCUT2D eigenvalue weighted by Gasteiger charge is 2.24. The molecule has 0 radical (unpaired) electrons. The molecule has 1 aromatic carbocycles. The number of aryl methyl sites for hydroxylation is 3. The van der Waals surface area contributed by atoms with Crippen molar-refractivity contribution in [3.63, 3.8) is 0 Å². The summed E-state index contributed by atoms with van der Waals surface area (Å²) in [4.78, 5) is 19.7. The summed E-state index contributed by atoms with van der Waals surface area (Å²) in [6.45, 7) is 8.30. The van der Waals surface area contributed by atoms with Crippen LogP contribution in [-0.4, -0.2) is 51.9 Å². The Hall–Kier alpha value is -2.73. The number of morpholine rings is 1. The van der Waals surface area contributed by atoms with Crippen LogP contribution in [-0.2, 0) is 4.74 Å². The molecule has 2 aromatic heterocycles. The van der Waals surface area contributed by atoms with Gasteiger partial charge in [-0.3, -0.25) is 4.79 Å². The van der Waals surface area contributed by atoms with Gasteiger partial charge in [-0.05, 0) is 39.0 Å². The number of carbonyl (C=O) groups is 1. The molecule has 6 heteroatoms. The van der Waals surface area contributed by atoms with Gasteiger partial charge in [0.05, 0.1) is 35.5 Å². The fourth-order valence-corrected chi connectivity index (χ4v) is 3.39. The number of amides is 1. The number of aromatic nitrogens is 3. The molecule has 0 N–H and O–H groups in total. The van der Waals surface area contributed by atoms with E-state index in [4.69, 9.17) is 4.74 Å². The summed E-state index contributed by atoms with van der Waals surface area (Å²) < 4.78 is 7.20. The Bertz CT molecular complexity index is 970. The number of nitrogens with zero attached hydrogens (tertiary/aromatic N) is 4. The Labute approximate surface area is 152 Å². The zero-order valence-corrected chi connectivity index (χ0v) is 15.3. The average molecular weight is 350 g/mol. The fourth-order valence-electron chi connectivity index (χ4n) is 3.39. The second-order valence-corrected chi connectivity index (χ2v) is 6.75. The molecule has 3 aromatic rings. The molecule has 1 fully saturated rings. The normalized spacial score (nSPS) is 14.8. The molecule has 0 saturated carbocycles. The molecule has 1 saturated heterocycles. The van der Waals surface area contributed by atoms with E-state index in [9.17, 15) is 4.79 Å². The van der Waals surface area contributed by atoms with Gasteiger partial charge >= 0.3 is 0 Å². The Kier molecular flexibility index (Phi) is 4.20. The summed E-state index contributed by atoms with van der Waals surface area (Å²) >= 11 is 0. The first-order valence-corrected chi connectivity index (χ1v) is 8.85. The molecule has 4 rings (SSSR count). The minimum Gasteiger partial charge on any atom is -0.378 e. The van der Waals surface area contributed by atoms with Crippen molar-refractivity contribution >= 4 is 16.9 Å². The van der Waals surface area contributed by atoms with Crippen molar-refractivity contribution in [2.24, 2.45) is 0 Å². The molecule has 1 aliphatic rings. The lowest BCUT2D eigenvalue weighted by Crippen LogP contribution is -2.40. The van der Waals surface area contributed by atoms with E-state index < -0.39 is 0 Å². The lowest BCUT2D eigenvalue weighted by molar-refractivity contribution is 0.0304. The van der Waals surface area contributed by atoms with Crippen molar-refractivity contribution in [2.75, 3.05) is 26.3 Å². The summed E-state index contributed by atoms with van der Waals surface area (Å²) in [5.74, 6) is 0.0235. The van der Waals surface area contributed by atoms with Crippen LogP contribution < -0.4 is 0 Å². The molecule has 26 heavy (non-hydrogen) atoms. The van der Waals surface area contributed by atoms with Crippen LogP contribution in [0.1, 0.15) is 27.3 Å². The summed E-state index contributed by atoms with van der Waals surface area (Å²) in [7, 11) is 0. The highest BCUT2D eigenvalue weighted by Crippen LogP contribution is 2.26. The molecule has 0 spiro atoms. The van der Waals surface area contributed by atoms with Crippen molar-refractivity contribution in [3.05, 3.63) is 52.8 Å². The largest absolute Gasteiger partial charge is 0.378 e. The van der Waals surface area contributed by atoms with Crippen LogP contribution in [0.3, 0.4) is 0 Å². The third-order valence-electron chi connectivity index (χ3n) is 4.75. The van der Waals surface area contributed by atoms with Gasteiger partial charge in [-0.1, -0.05) is 17.7 Å². The summed E-state index contributed by atoms with van der Waals surface area (Å²) in [6.07, 6.45) is 0. The first-order valence-electron chi connectivity index (χ1n) is 8.85. The predicted octanol–water partition coefficient (Wildman–Crippen LogP) is 2.82. The summed E-state index contributed by atoms with van der Waals surface area (Å²) in [5, 5.41) is 5.50. The topological polar surface area (TPSA) is 60.2 Å². The second-order valence-electron chi connectivity index (χ2n) is 6.75. The zero-order chi connectivity index (χ0) is 18.3.